The predicted molar refractivity (Wildman–Crippen MR) is 90.2 cm³/mol. The molecule has 1 aromatic heterocycles. The van der Waals surface area contributed by atoms with E-state index in [1.807, 2.05) is 13.8 Å². The number of hydrogen-bond donors (Lipinski definition) is 1. The Morgan fingerprint density at radius 2 is 2.21 bits per heavy atom. The topological polar surface area (TPSA) is 97.8 Å². The average Bonchev–Trinajstić information content (AvgIpc) is 3.00. The highest BCUT2D eigenvalue weighted by atomic mass is 32.2. The number of nitrogens with zero attached hydrogens (tertiary/aromatic N) is 2. The first-order valence-corrected chi connectivity index (χ1v) is 9.88. The highest BCUT2D eigenvalue weighted by Crippen LogP contribution is 2.38. The van der Waals surface area contributed by atoms with Gasteiger partial charge in [0.05, 0.1) is 26.0 Å². The fourth-order valence-electron chi connectivity index (χ4n) is 1.96. The standard InChI is InChI=1S/C13H21FN3O5PS/c1-3-20-23(21-4-2)8-19-6-11-22-10(7-24-11)17-5-9(14)12(15)16-13(17)18/h5,10-11H,3-4,6-8H2,1-2H3,(H2,15,16,18). The van der Waals surface area contributed by atoms with Crippen molar-refractivity contribution in [3.63, 3.8) is 0 Å². The highest BCUT2D eigenvalue weighted by Gasteiger charge is 2.29. The van der Waals surface area contributed by atoms with Gasteiger partial charge < -0.3 is 24.3 Å². The number of thioether (sulfide) groups is 1. The maximum absolute atomic E-state index is 13.5. The van der Waals surface area contributed by atoms with Gasteiger partial charge in [-0.1, -0.05) is 0 Å². The molecule has 1 saturated heterocycles. The molecule has 136 valence electrons. The minimum Gasteiger partial charge on any atom is -0.381 e. The third kappa shape index (κ3) is 5.37. The molecular formula is C13H21FN3O5PS. The van der Waals surface area contributed by atoms with E-state index in [2.05, 4.69) is 4.98 Å². The molecule has 2 atom stereocenters. The molecule has 24 heavy (non-hydrogen) atoms. The van der Waals surface area contributed by atoms with Crippen molar-refractivity contribution in [1.82, 2.24) is 9.55 Å². The quantitative estimate of drug-likeness (QED) is 0.648. The summed E-state index contributed by atoms with van der Waals surface area (Å²) in [6.07, 6.45) is 0.766. The largest absolute Gasteiger partial charge is 0.381 e. The summed E-state index contributed by atoms with van der Waals surface area (Å²) in [5.74, 6) is -0.672. The Bertz CT molecular complexity index is 587. The van der Waals surface area contributed by atoms with Crippen LogP contribution in [0.1, 0.15) is 20.1 Å². The zero-order valence-electron chi connectivity index (χ0n) is 13.5. The van der Waals surface area contributed by atoms with Gasteiger partial charge in [0.1, 0.15) is 18.0 Å². The van der Waals surface area contributed by atoms with Crippen LogP contribution in [0.25, 0.3) is 0 Å². The number of ether oxygens (including phenoxy) is 2. The van der Waals surface area contributed by atoms with Gasteiger partial charge in [-0.3, -0.25) is 4.57 Å². The Hall–Kier alpha value is -0.770. The first-order chi connectivity index (χ1) is 11.5. The summed E-state index contributed by atoms with van der Waals surface area (Å²) >= 11 is 1.48. The number of nitrogen functional groups attached to an aromatic ring is 1. The Morgan fingerprint density at radius 1 is 1.50 bits per heavy atom. The molecule has 8 nitrogen and oxygen atoms in total. The Labute approximate surface area is 144 Å². The number of halogens is 1. The summed E-state index contributed by atoms with van der Waals surface area (Å²) in [6.45, 7) is 5.23. The zero-order valence-corrected chi connectivity index (χ0v) is 15.2. The van der Waals surface area contributed by atoms with E-state index in [0.717, 1.165) is 10.8 Å². The smallest absolute Gasteiger partial charge is 0.351 e. The van der Waals surface area contributed by atoms with Crippen molar-refractivity contribution < 1.29 is 22.9 Å². The molecular weight excluding hydrogens is 360 g/mol. The van der Waals surface area contributed by atoms with Gasteiger partial charge >= 0.3 is 5.69 Å². The zero-order chi connectivity index (χ0) is 17.5. The molecule has 1 aliphatic rings. The summed E-state index contributed by atoms with van der Waals surface area (Å²) < 4.78 is 36.8. The first-order valence-electron chi connectivity index (χ1n) is 7.47. The van der Waals surface area contributed by atoms with E-state index in [-0.39, 0.29) is 5.44 Å². The molecule has 1 aliphatic heterocycles. The lowest BCUT2D eigenvalue weighted by Gasteiger charge is -2.18. The summed E-state index contributed by atoms with van der Waals surface area (Å²) in [5.41, 5.74) is 4.37. The number of aromatic nitrogens is 2. The summed E-state index contributed by atoms with van der Waals surface area (Å²) in [7, 11) is -1.06. The molecule has 0 aliphatic carbocycles. The third-order valence-electron chi connectivity index (χ3n) is 2.97. The maximum Gasteiger partial charge on any atom is 0.351 e. The number of rotatable bonds is 9. The van der Waals surface area contributed by atoms with Crippen LogP contribution in [0.5, 0.6) is 0 Å². The third-order valence-corrected chi connectivity index (χ3v) is 5.56. The van der Waals surface area contributed by atoms with Gasteiger partial charge in [-0.15, -0.1) is 11.8 Å². The molecule has 1 aromatic rings. The van der Waals surface area contributed by atoms with Crippen LogP contribution in [-0.4, -0.2) is 46.9 Å². The van der Waals surface area contributed by atoms with Crippen molar-refractivity contribution >= 4 is 26.0 Å². The average molecular weight is 381 g/mol. The van der Waals surface area contributed by atoms with Gasteiger partial charge in [0, 0.05) is 5.75 Å². The van der Waals surface area contributed by atoms with Gasteiger partial charge in [0.25, 0.3) is 0 Å². The molecule has 0 aromatic carbocycles. The predicted octanol–water partition coefficient (Wildman–Crippen LogP) is 1.91. The van der Waals surface area contributed by atoms with E-state index < -0.39 is 31.9 Å². The van der Waals surface area contributed by atoms with E-state index in [1.54, 1.807) is 0 Å². The summed E-state index contributed by atoms with van der Waals surface area (Å²) in [6, 6.07) is 0. The second kappa shape index (κ2) is 9.65. The molecule has 2 heterocycles. The van der Waals surface area contributed by atoms with E-state index in [4.69, 9.17) is 24.3 Å². The van der Waals surface area contributed by atoms with Crippen LogP contribution in [0, 0.1) is 5.82 Å². The van der Waals surface area contributed by atoms with Crippen LogP contribution in [0.4, 0.5) is 10.2 Å². The number of anilines is 1. The Morgan fingerprint density at radius 3 is 2.88 bits per heavy atom. The van der Waals surface area contributed by atoms with Crippen molar-refractivity contribution in [3.8, 4) is 0 Å². The van der Waals surface area contributed by atoms with Crippen molar-refractivity contribution in [2.45, 2.75) is 25.5 Å². The van der Waals surface area contributed by atoms with Crippen LogP contribution in [0.2, 0.25) is 0 Å². The molecule has 0 amide bonds. The highest BCUT2D eigenvalue weighted by molar-refractivity contribution is 8.00. The summed E-state index contributed by atoms with van der Waals surface area (Å²) in [5, 5.41) is 0. The maximum atomic E-state index is 13.5. The van der Waals surface area contributed by atoms with Crippen LogP contribution in [0.15, 0.2) is 11.0 Å². The van der Waals surface area contributed by atoms with Crippen molar-refractivity contribution in [1.29, 1.82) is 0 Å². The Balaban J connectivity index is 1.83. The van der Waals surface area contributed by atoms with Crippen LogP contribution >= 0.6 is 20.1 Å². The molecule has 0 saturated carbocycles. The number of hydrogen-bond acceptors (Lipinski definition) is 8. The van der Waals surface area contributed by atoms with Crippen molar-refractivity contribution in [3.05, 3.63) is 22.5 Å². The Kier molecular flexibility index (Phi) is 7.86. The minimum absolute atomic E-state index is 0.261. The van der Waals surface area contributed by atoms with Crippen LogP contribution in [0.3, 0.4) is 0 Å². The van der Waals surface area contributed by atoms with Crippen molar-refractivity contribution in [2.24, 2.45) is 0 Å². The molecule has 11 heteroatoms. The first kappa shape index (κ1) is 19.6. The molecule has 2 N–H and O–H groups in total. The molecule has 0 spiro atoms. The van der Waals surface area contributed by atoms with E-state index >= 15 is 0 Å². The SMILES string of the molecule is CCOP(COCC1OC(n2cc(F)c(N)nc2=O)CS1)OCC. The summed E-state index contributed by atoms with van der Waals surface area (Å²) in [4.78, 5) is 15.2. The van der Waals surface area contributed by atoms with E-state index in [1.165, 1.54) is 11.8 Å². The van der Waals surface area contributed by atoms with Gasteiger partial charge in [-0.25, -0.2) is 9.18 Å². The van der Waals surface area contributed by atoms with E-state index in [0.29, 0.717) is 31.9 Å². The van der Waals surface area contributed by atoms with Gasteiger partial charge in [-0.05, 0) is 13.8 Å². The lowest BCUT2D eigenvalue weighted by Crippen LogP contribution is -2.30. The molecule has 2 rings (SSSR count). The molecule has 1 fully saturated rings. The molecule has 0 radical (unpaired) electrons. The second-order valence-electron chi connectivity index (χ2n) is 4.69. The van der Waals surface area contributed by atoms with Crippen molar-refractivity contribution in [2.75, 3.05) is 37.7 Å². The molecule has 0 bridgehead atoms. The van der Waals surface area contributed by atoms with Gasteiger partial charge in [0.2, 0.25) is 0 Å². The van der Waals surface area contributed by atoms with E-state index in [9.17, 15) is 9.18 Å². The number of nitrogens with two attached hydrogens (primary N) is 1. The van der Waals surface area contributed by atoms with Crippen LogP contribution < -0.4 is 11.4 Å². The minimum atomic E-state index is -1.06. The monoisotopic (exact) mass is 381 g/mol. The lowest BCUT2D eigenvalue weighted by atomic mass is 10.5. The normalized spacial score (nSPS) is 20.8. The fourth-order valence-corrected chi connectivity index (χ4v) is 4.04. The lowest BCUT2D eigenvalue weighted by molar-refractivity contribution is -0.0197. The van der Waals surface area contributed by atoms with Gasteiger partial charge in [0.15, 0.2) is 20.0 Å². The molecule has 2 unspecified atom stereocenters. The fraction of sp³-hybridized carbons (Fsp3) is 0.692. The second-order valence-corrected chi connectivity index (χ2v) is 7.32. The van der Waals surface area contributed by atoms with Crippen LogP contribution in [-0.2, 0) is 18.5 Å². The van der Waals surface area contributed by atoms with Gasteiger partial charge in [-0.2, -0.15) is 4.98 Å².